The van der Waals surface area contributed by atoms with E-state index in [9.17, 15) is 14.5 Å². The molecule has 0 N–H and O–H groups in total. The maximum absolute atomic E-state index is 13.2. The van der Waals surface area contributed by atoms with Crippen molar-refractivity contribution in [3.63, 3.8) is 0 Å². The van der Waals surface area contributed by atoms with Gasteiger partial charge in [-0.1, -0.05) is 42.1 Å². The zero-order valence-electron chi connectivity index (χ0n) is 20.8. The molecule has 1 aromatic heterocycles. The van der Waals surface area contributed by atoms with Crippen molar-refractivity contribution in [2.45, 2.75) is 37.8 Å². The normalized spacial score (nSPS) is 11.8. The maximum Gasteiger partial charge on any atom is 0.220 e. The highest BCUT2D eigenvalue weighted by atomic mass is 32.2. The van der Waals surface area contributed by atoms with Crippen molar-refractivity contribution in [1.82, 2.24) is 14.8 Å². The zero-order valence-corrected chi connectivity index (χ0v) is 21.6. The Labute approximate surface area is 218 Å². The molecule has 10 heteroatoms. The lowest BCUT2D eigenvalue weighted by molar-refractivity contribution is -0.479. The van der Waals surface area contributed by atoms with Crippen LogP contribution in [-0.4, -0.2) is 32.8 Å². The van der Waals surface area contributed by atoms with E-state index < -0.39 is 5.25 Å². The Balaban J connectivity index is 1.62. The van der Waals surface area contributed by atoms with Crippen LogP contribution in [0.25, 0.3) is 5.69 Å². The summed E-state index contributed by atoms with van der Waals surface area (Å²) in [6.45, 7) is 6.01. The van der Waals surface area contributed by atoms with Crippen molar-refractivity contribution >= 4 is 11.8 Å². The molecule has 0 spiro atoms. The molecule has 0 saturated carbocycles. The number of benzene rings is 3. The predicted octanol–water partition coefficient (Wildman–Crippen LogP) is 6.11. The Morgan fingerprint density at radius 2 is 1.81 bits per heavy atom. The Bertz CT molecular complexity index is 1380. The number of nitrogens with zero attached hydrogens (tertiary/aromatic N) is 4. The summed E-state index contributed by atoms with van der Waals surface area (Å²) in [7, 11) is 0. The molecular weight excluding hydrogens is 495 g/mol. The summed E-state index contributed by atoms with van der Waals surface area (Å²) in [6, 6.07) is 19.3. The minimum Gasteiger partial charge on any atom is -0.490 e. The topological polar surface area (TPSA) is 92.3 Å². The van der Waals surface area contributed by atoms with Gasteiger partial charge >= 0.3 is 0 Å². The van der Waals surface area contributed by atoms with Crippen LogP contribution < -0.4 is 9.47 Å². The van der Waals surface area contributed by atoms with Gasteiger partial charge in [-0.15, -0.1) is 10.2 Å². The van der Waals surface area contributed by atoms with E-state index >= 15 is 0 Å². The largest absolute Gasteiger partial charge is 0.490 e. The Morgan fingerprint density at radius 1 is 1.03 bits per heavy atom. The van der Waals surface area contributed by atoms with Gasteiger partial charge in [-0.3, -0.25) is 14.7 Å². The van der Waals surface area contributed by atoms with E-state index in [1.807, 2.05) is 49.6 Å². The first-order valence-corrected chi connectivity index (χ1v) is 12.6. The minimum absolute atomic E-state index is 0.228. The van der Waals surface area contributed by atoms with E-state index in [1.165, 1.54) is 23.9 Å². The molecule has 0 bridgehead atoms. The summed E-state index contributed by atoms with van der Waals surface area (Å²) in [5.74, 6) is 1.35. The molecule has 0 unspecified atom stereocenters. The van der Waals surface area contributed by atoms with Crippen molar-refractivity contribution in [2.75, 3.05) is 13.2 Å². The highest BCUT2D eigenvalue weighted by Crippen LogP contribution is 2.39. The molecule has 0 aliphatic carbocycles. The minimum atomic E-state index is -0.549. The van der Waals surface area contributed by atoms with Crippen LogP contribution in [0.2, 0.25) is 0 Å². The lowest BCUT2D eigenvalue weighted by atomic mass is 10.1. The van der Waals surface area contributed by atoms with Gasteiger partial charge in [0, 0.05) is 10.6 Å². The molecule has 0 fully saturated rings. The van der Waals surface area contributed by atoms with Gasteiger partial charge in [-0.05, 0) is 73.9 Å². The molecule has 0 amide bonds. The standard InChI is InChI=1S/C27H27FN4O4S/c1-4-35-25-15-21(10-13-24(25)36-17-20-8-11-22(28)12-9-20)26(16-31(33)34)37-27-30-29-19(3)32(27)23-7-5-6-18(2)14-23/h5-15,26H,4,16-17H2,1-3H3/t26-/m1/s1. The maximum atomic E-state index is 13.2. The van der Waals surface area contributed by atoms with E-state index in [2.05, 4.69) is 10.2 Å². The molecule has 37 heavy (non-hydrogen) atoms. The van der Waals surface area contributed by atoms with E-state index in [1.54, 1.807) is 30.3 Å². The van der Waals surface area contributed by atoms with Gasteiger partial charge in [0.2, 0.25) is 6.54 Å². The summed E-state index contributed by atoms with van der Waals surface area (Å²) in [5.41, 5.74) is 3.49. The number of thioether (sulfide) groups is 1. The van der Waals surface area contributed by atoms with Gasteiger partial charge in [0.1, 0.15) is 23.5 Å². The number of hydrogen-bond donors (Lipinski definition) is 0. The molecule has 0 saturated heterocycles. The SMILES string of the molecule is CCOc1cc([C@@H](C[N+](=O)[O-])Sc2nnc(C)n2-c2cccc(C)c2)ccc1OCc1ccc(F)cc1. The third-order valence-corrected chi connectivity index (χ3v) is 6.75. The van der Waals surface area contributed by atoms with E-state index in [0.717, 1.165) is 16.8 Å². The zero-order chi connectivity index (χ0) is 26.4. The van der Waals surface area contributed by atoms with Crippen LogP contribution in [-0.2, 0) is 6.61 Å². The third-order valence-electron chi connectivity index (χ3n) is 5.56. The molecular formula is C27H27FN4O4S. The fraction of sp³-hybridized carbons (Fsp3) is 0.259. The fourth-order valence-electron chi connectivity index (χ4n) is 3.81. The molecule has 1 heterocycles. The number of halogens is 1. The molecule has 192 valence electrons. The van der Waals surface area contributed by atoms with E-state index in [4.69, 9.17) is 9.47 Å². The lowest BCUT2D eigenvalue weighted by Crippen LogP contribution is -2.12. The number of nitro groups is 1. The molecule has 0 radical (unpaired) electrons. The van der Waals surface area contributed by atoms with Gasteiger partial charge in [0.05, 0.1) is 6.61 Å². The first-order chi connectivity index (χ1) is 17.8. The number of aromatic nitrogens is 3. The number of hydrogen-bond acceptors (Lipinski definition) is 7. The van der Waals surface area contributed by atoms with Gasteiger partial charge in [-0.25, -0.2) is 4.39 Å². The van der Waals surface area contributed by atoms with Crippen LogP contribution in [0.5, 0.6) is 11.5 Å². The summed E-state index contributed by atoms with van der Waals surface area (Å²) >= 11 is 1.28. The smallest absolute Gasteiger partial charge is 0.220 e. The Kier molecular flexibility index (Phi) is 8.39. The van der Waals surface area contributed by atoms with Crippen molar-refractivity contribution in [3.8, 4) is 17.2 Å². The summed E-state index contributed by atoms with van der Waals surface area (Å²) < 4.78 is 26.8. The highest BCUT2D eigenvalue weighted by Gasteiger charge is 2.25. The first-order valence-electron chi connectivity index (χ1n) is 11.8. The molecule has 1 atom stereocenters. The average Bonchev–Trinajstić information content (AvgIpc) is 3.23. The van der Waals surface area contributed by atoms with Crippen LogP contribution in [0.4, 0.5) is 4.39 Å². The van der Waals surface area contributed by atoms with Crippen LogP contribution in [0.3, 0.4) is 0 Å². The predicted molar refractivity (Wildman–Crippen MR) is 140 cm³/mol. The third kappa shape index (κ3) is 6.65. The van der Waals surface area contributed by atoms with E-state index in [0.29, 0.717) is 34.7 Å². The second kappa shape index (κ2) is 11.9. The first kappa shape index (κ1) is 26.2. The summed E-state index contributed by atoms with van der Waals surface area (Å²) in [6.07, 6.45) is 0. The molecule has 8 nitrogen and oxygen atoms in total. The van der Waals surface area contributed by atoms with Gasteiger partial charge in [0.15, 0.2) is 16.7 Å². The van der Waals surface area contributed by atoms with Gasteiger partial charge < -0.3 is 9.47 Å². The van der Waals surface area contributed by atoms with Gasteiger partial charge in [-0.2, -0.15) is 0 Å². The fourth-order valence-corrected chi connectivity index (χ4v) is 4.98. The molecule has 0 aliphatic heterocycles. The van der Waals surface area contributed by atoms with Crippen LogP contribution in [0, 0.1) is 29.8 Å². The molecule has 4 aromatic rings. The van der Waals surface area contributed by atoms with Crippen molar-refractivity contribution in [2.24, 2.45) is 0 Å². The number of rotatable bonds is 11. The van der Waals surface area contributed by atoms with Gasteiger partial charge in [0.25, 0.3) is 0 Å². The summed E-state index contributed by atoms with van der Waals surface area (Å²) in [5, 5.41) is 20.1. The quantitative estimate of drug-likeness (QED) is 0.133. The second-order valence-corrected chi connectivity index (χ2v) is 9.55. The molecule has 3 aromatic carbocycles. The molecule has 4 rings (SSSR count). The second-order valence-electron chi connectivity index (χ2n) is 8.38. The van der Waals surface area contributed by atoms with Crippen LogP contribution in [0.1, 0.15) is 34.7 Å². The highest BCUT2D eigenvalue weighted by molar-refractivity contribution is 7.99. The average molecular weight is 523 g/mol. The molecule has 0 aliphatic rings. The van der Waals surface area contributed by atoms with Crippen LogP contribution >= 0.6 is 11.8 Å². The number of aryl methyl sites for hydroxylation is 2. The van der Waals surface area contributed by atoms with E-state index in [-0.39, 0.29) is 23.9 Å². The van der Waals surface area contributed by atoms with Crippen molar-refractivity contribution in [3.05, 3.63) is 105 Å². The van der Waals surface area contributed by atoms with Crippen molar-refractivity contribution < 1.29 is 18.8 Å². The Morgan fingerprint density at radius 3 is 2.51 bits per heavy atom. The van der Waals surface area contributed by atoms with Crippen molar-refractivity contribution in [1.29, 1.82) is 0 Å². The number of ether oxygens (including phenoxy) is 2. The monoisotopic (exact) mass is 522 g/mol. The van der Waals surface area contributed by atoms with Crippen LogP contribution in [0.15, 0.2) is 71.9 Å². The Hall–Kier alpha value is -3.92. The lowest BCUT2D eigenvalue weighted by Gasteiger charge is -2.17. The summed E-state index contributed by atoms with van der Waals surface area (Å²) in [4.78, 5) is 11.3.